The molecule has 0 radical (unpaired) electrons. The molecule has 2 aromatic carbocycles. The quantitative estimate of drug-likeness (QED) is 0.258. The fraction of sp³-hybridized carbons (Fsp3) is 0.320. The summed E-state index contributed by atoms with van der Waals surface area (Å²) in [7, 11) is 0. The van der Waals surface area contributed by atoms with Gasteiger partial charge in [-0.05, 0) is 73.5 Å². The Morgan fingerprint density at radius 2 is 1.83 bits per heavy atom. The van der Waals surface area contributed by atoms with Crippen LogP contribution in [-0.2, 0) is 20.9 Å². The standard InChI is InChI=1S/C25H25Cl2NO6S/c1-4-15(3)34-22(29)13-28-24(30)21(35-25(28)31)12-17-10-19(27)23(20(11-17)32-5-2)33-14-16-6-8-18(26)9-7-16/h6-12,15H,4-5,13-14H2,1-3H3/b21-12+/t15-/m1/s1. The van der Waals surface area contributed by atoms with Crippen LogP contribution >= 0.6 is 35.0 Å². The fourth-order valence-corrected chi connectivity index (χ4v) is 4.31. The summed E-state index contributed by atoms with van der Waals surface area (Å²) in [4.78, 5) is 38.2. The molecule has 0 unspecified atom stereocenters. The van der Waals surface area contributed by atoms with Gasteiger partial charge in [-0.3, -0.25) is 19.3 Å². The van der Waals surface area contributed by atoms with Gasteiger partial charge in [0.25, 0.3) is 11.1 Å². The van der Waals surface area contributed by atoms with Crippen molar-refractivity contribution in [3.05, 3.63) is 62.5 Å². The van der Waals surface area contributed by atoms with Crippen molar-refractivity contribution in [3.8, 4) is 11.5 Å². The molecule has 1 saturated heterocycles. The van der Waals surface area contributed by atoms with E-state index in [9.17, 15) is 14.4 Å². The number of hydrogen-bond acceptors (Lipinski definition) is 7. The number of thioether (sulfide) groups is 1. The number of imide groups is 1. The van der Waals surface area contributed by atoms with E-state index in [1.54, 1.807) is 31.2 Å². The molecule has 0 aliphatic carbocycles. The summed E-state index contributed by atoms with van der Waals surface area (Å²) in [5.41, 5.74) is 1.45. The molecular weight excluding hydrogens is 513 g/mol. The molecule has 0 bridgehead atoms. The van der Waals surface area contributed by atoms with Gasteiger partial charge < -0.3 is 14.2 Å². The number of esters is 1. The van der Waals surface area contributed by atoms with Crippen LogP contribution in [0.25, 0.3) is 6.08 Å². The minimum atomic E-state index is -0.633. The van der Waals surface area contributed by atoms with Crippen molar-refractivity contribution in [2.75, 3.05) is 13.2 Å². The van der Waals surface area contributed by atoms with E-state index in [0.29, 0.717) is 35.1 Å². The van der Waals surface area contributed by atoms with Crippen molar-refractivity contribution in [2.45, 2.75) is 39.9 Å². The molecule has 1 heterocycles. The van der Waals surface area contributed by atoms with Crippen LogP contribution in [0.5, 0.6) is 11.5 Å². The van der Waals surface area contributed by atoms with Crippen LogP contribution in [0.4, 0.5) is 4.79 Å². The smallest absolute Gasteiger partial charge is 0.326 e. The minimum Gasteiger partial charge on any atom is -0.490 e. The van der Waals surface area contributed by atoms with Gasteiger partial charge in [0.15, 0.2) is 11.5 Å². The Bertz CT molecular complexity index is 1140. The predicted molar refractivity (Wildman–Crippen MR) is 137 cm³/mol. The second-order valence-electron chi connectivity index (χ2n) is 7.65. The van der Waals surface area contributed by atoms with Gasteiger partial charge in [-0.1, -0.05) is 42.3 Å². The van der Waals surface area contributed by atoms with Crippen LogP contribution in [0.1, 0.15) is 38.3 Å². The molecule has 1 fully saturated rings. The molecule has 35 heavy (non-hydrogen) atoms. The predicted octanol–water partition coefficient (Wildman–Crippen LogP) is 6.35. The zero-order valence-electron chi connectivity index (χ0n) is 19.5. The van der Waals surface area contributed by atoms with Gasteiger partial charge in [0, 0.05) is 5.02 Å². The first kappa shape index (κ1) is 26.9. The summed E-state index contributed by atoms with van der Waals surface area (Å²) in [6.07, 6.45) is 1.87. The maximum absolute atomic E-state index is 12.8. The topological polar surface area (TPSA) is 82.1 Å². The van der Waals surface area contributed by atoms with Crippen LogP contribution in [0, 0.1) is 0 Å². The van der Waals surface area contributed by atoms with E-state index in [2.05, 4.69) is 0 Å². The summed E-state index contributed by atoms with van der Waals surface area (Å²) in [5.74, 6) is -0.442. The summed E-state index contributed by atoms with van der Waals surface area (Å²) >= 11 is 13.2. The van der Waals surface area contributed by atoms with Crippen molar-refractivity contribution in [2.24, 2.45) is 0 Å². The Morgan fingerprint density at radius 1 is 1.11 bits per heavy atom. The number of amides is 2. The summed E-state index contributed by atoms with van der Waals surface area (Å²) in [6.45, 7) is 5.63. The van der Waals surface area contributed by atoms with Crippen LogP contribution in [0.2, 0.25) is 10.0 Å². The van der Waals surface area contributed by atoms with Gasteiger partial charge in [0.1, 0.15) is 13.2 Å². The molecule has 0 saturated carbocycles. The van der Waals surface area contributed by atoms with Crippen LogP contribution in [0.3, 0.4) is 0 Å². The highest BCUT2D eigenvalue weighted by Crippen LogP contribution is 2.39. The highest BCUT2D eigenvalue weighted by atomic mass is 35.5. The normalized spacial score (nSPS) is 15.5. The van der Waals surface area contributed by atoms with Crippen LogP contribution < -0.4 is 9.47 Å². The molecule has 1 atom stereocenters. The van der Waals surface area contributed by atoms with E-state index in [1.807, 2.05) is 26.0 Å². The second-order valence-corrected chi connectivity index (χ2v) is 9.49. The molecule has 1 aliphatic heterocycles. The summed E-state index contributed by atoms with van der Waals surface area (Å²) in [5, 5.41) is 0.372. The highest BCUT2D eigenvalue weighted by Gasteiger charge is 2.37. The molecule has 7 nitrogen and oxygen atoms in total. The third kappa shape index (κ3) is 7.16. The number of carbonyl (C=O) groups is 3. The average molecular weight is 538 g/mol. The van der Waals surface area contributed by atoms with E-state index in [-0.39, 0.29) is 22.6 Å². The molecule has 0 N–H and O–H groups in total. The monoisotopic (exact) mass is 537 g/mol. The Kier molecular flexibility index (Phi) is 9.48. The maximum Gasteiger partial charge on any atom is 0.326 e. The van der Waals surface area contributed by atoms with Crippen LogP contribution in [-0.4, -0.2) is 41.3 Å². The van der Waals surface area contributed by atoms with Crippen molar-refractivity contribution in [1.82, 2.24) is 4.90 Å². The Morgan fingerprint density at radius 3 is 2.49 bits per heavy atom. The van der Waals surface area contributed by atoms with Gasteiger partial charge in [-0.2, -0.15) is 0 Å². The van der Waals surface area contributed by atoms with Gasteiger partial charge in [0.05, 0.1) is 22.6 Å². The minimum absolute atomic E-state index is 0.166. The second kappa shape index (κ2) is 12.3. The Hall–Kier alpha value is -2.68. The van der Waals surface area contributed by atoms with Crippen molar-refractivity contribution < 1.29 is 28.6 Å². The molecule has 1 aliphatic rings. The number of nitrogens with zero attached hydrogens (tertiary/aromatic N) is 1. The van der Waals surface area contributed by atoms with E-state index in [0.717, 1.165) is 22.2 Å². The summed E-state index contributed by atoms with van der Waals surface area (Å²) < 4.78 is 16.8. The van der Waals surface area contributed by atoms with E-state index < -0.39 is 23.7 Å². The first-order chi connectivity index (χ1) is 16.7. The van der Waals surface area contributed by atoms with Crippen molar-refractivity contribution in [3.63, 3.8) is 0 Å². The number of halogens is 2. The SMILES string of the molecule is CCOc1cc(/C=C2/SC(=O)N(CC(=O)O[C@H](C)CC)C2=O)cc(Cl)c1OCc1ccc(Cl)cc1. The lowest BCUT2D eigenvalue weighted by atomic mass is 10.1. The van der Waals surface area contributed by atoms with Crippen LogP contribution in [0.15, 0.2) is 41.3 Å². The van der Waals surface area contributed by atoms with Gasteiger partial charge in [-0.25, -0.2) is 0 Å². The average Bonchev–Trinajstić information content (AvgIpc) is 3.07. The molecule has 186 valence electrons. The Labute approximate surface area is 218 Å². The number of carbonyl (C=O) groups excluding carboxylic acids is 3. The number of hydrogen-bond donors (Lipinski definition) is 0. The third-order valence-electron chi connectivity index (χ3n) is 4.99. The zero-order chi connectivity index (χ0) is 25.5. The number of ether oxygens (including phenoxy) is 3. The molecule has 2 amide bonds. The third-order valence-corrected chi connectivity index (χ3v) is 6.43. The molecule has 10 heteroatoms. The van der Waals surface area contributed by atoms with Crippen molar-refractivity contribution in [1.29, 1.82) is 0 Å². The number of rotatable bonds is 10. The molecule has 3 rings (SSSR count). The van der Waals surface area contributed by atoms with E-state index >= 15 is 0 Å². The lowest BCUT2D eigenvalue weighted by molar-refractivity contribution is -0.150. The number of benzene rings is 2. The fourth-order valence-electron chi connectivity index (χ4n) is 3.07. The first-order valence-corrected chi connectivity index (χ1v) is 12.6. The van der Waals surface area contributed by atoms with E-state index in [4.69, 9.17) is 37.4 Å². The Balaban J connectivity index is 1.78. The molecule has 0 spiro atoms. The van der Waals surface area contributed by atoms with Gasteiger partial charge >= 0.3 is 5.97 Å². The molecule has 2 aromatic rings. The van der Waals surface area contributed by atoms with Crippen molar-refractivity contribution >= 4 is 58.2 Å². The van der Waals surface area contributed by atoms with Gasteiger partial charge in [0.2, 0.25) is 0 Å². The first-order valence-electron chi connectivity index (χ1n) is 11.0. The zero-order valence-corrected chi connectivity index (χ0v) is 21.8. The lowest BCUT2D eigenvalue weighted by Gasteiger charge is -2.15. The lowest BCUT2D eigenvalue weighted by Crippen LogP contribution is -2.35. The molecular formula is C25H25Cl2NO6S. The van der Waals surface area contributed by atoms with E-state index in [1.165, 1.54) is 6.08 Å². The highest BCUT2D eigenvalue weighted by molar-refractivity contribution is 8.18. The summed E-state index contributed by atoms with van der Waals surface area (Å²) in [6, 6.07) is 10.5. The maximum atomic E-state index is 12.8. The largest absolute Gasteiger partial charge is 0.490 e. The molecule has 0 aromatic heterocycles. The van der Waals surface area contributed by atoms with Gasteiger partial charge in [-0.15, -0.1) is 0 Å².